The highest BCUT2D eigenvalue weighted by Crippen LogP contribution is 2.30. The van der Waals surface area contributed by atoms with Gasteiger partial charge in [0.2, 0.25) is 0 Å². The zero-order chi connectivity index (χ0) is 22.2. The van der Waals surface area contributed by atoms with Crippen molar-refractivity contribution in [2.75, 3.05) is 31.2 Å². The molecule has 1 aliphatic rings. The normalized spacial score (nSPS) is 14.6. The molecule has 3 aromatic heterocycles. The van der Waals surface area contributed by atoms with E-state index < -0.39 is 0 Å². The van der Waals surface area contributed by atoms with Crippen molar-refractivity contribution in [2.24, 2.45) is 13.0 Å². The third-order valence-electron chi connectivity index (χ3n) is 5.97. The minimum atomic E-state index is 0.528. The number of aromatic nitrogens is 5. The van der Waals surface area contributed by atoms with E-state index in [0.29, 0.717) is 5.92 Å². The fourth-order valence-corrected chi connectivity index (χ4v) is 4.29. The molecule has 5 rings (SSSR count). The second kappa shape index (κ2) is 8.39. The van der Waals surface area contributed by atoms with Crippen LogP contribution in [0, 0.1) is 12.8 Å². The maximum absolute atomic E-state index is 5.59. The van der Waals surface area contributed by atoms with Crippen LogP contribution in [0.25, 0.3) is 28.2 Å². The van der Waals surface area contributed by atoms with Gasteiger partial charge < -0.3 is 14.2 Å². The van der Waals surface area contributed by atoms with Crippen LogP contribution in [0.2, 0.25) is 0 Å². The average molecular weight is 431 g/mol. The Morgan fingerprint density at radius 2 is 1.88 bits per heavy atom. The largest absolute Gasteiger partial charge is 0.378 e. The molecule has 166 valence electrons. The minimum absolute atomic E-state index is 0.528. The summed E-state index contributed by atoms with van der Waals surface area (Å²) in [7, 11) is 2.06. The summed E-state index contributed by atoms with van der Waals surface area (Å²) in [5.41, 5.74) is 6.23. The number of imidazole rings is 1. The quantitative estimate of drug-likeness (QED) is 0.476. The van der Waals surface area contributed by atoms with Crippen LogP contribution in [0.3, 0.4) is 0 Å². The van der Waals surface area contributed by atoms with E-state index in [0.717, 1.165) is 72.5 Å². The van der Waals surface area contributed by atoms with Crippen LogP contribution in [0.1, 0.15) is 25.2 Å². The summed E-state index contributed by atoms with van der Waals surface area (Å²) in [4.78, 5) is 12.4. The lowest BCUT2D eigenvalue weighted by molar-refractivity contribution is 0.123. The molecule has 0 aliphatic carbocycles. The molecule has 1 saturated heterocycles. The lowest BCUT2D eigenvalue weighted by Gasteiger charge is -2.29. The van der Waals surface area contributed by atoms with Gasteiger partial charge in [-0.25, -0.2) is 14.6 Å². The van der Waals surface area contributed by atoms with Crippen LogP contribution in [-0.4, -0.2) is 50.6 Å². The zero-order valence-electron chi connectivity index (χ0n) is 19.2. The van der Waals surface area contributed by atoms with Crippen LogP contribution < -0.4 is 4.90 Å². The first-order valence-electron chi connectivity index (χ1n) is 11.3. The van der Waals surface area contributed by atoms with Gasteiger partial charge in [-0.15, -0.1) is 0 Å². The molecule has 4 heterocycles. The van der Waals surface area contributed by atoms with E-state index in [1.165, 1.54) is 5.56 Å². The number of hydrogen-bond acceptors (Lipinski definition) is 5. The predicted molar refractivity (Wildman–Crippen MR) is 127 cm³/mol. The third kappa shape index (κ3) is 3.88. The Morgan fingerprint density at radius 3 is 2.62 bits per heavy atom. The first-order chi connectivity index (χ1) is 15.5. The van der Waals surface area contributed by atoms with Crippen LogP contribution in [0.5, 0.6) is 0 Å². The molecule has 1 aromatic carbocycles. The van der Waals surface area contributed by atoms with Crippen molar-refractivity contribution >= 4 is 16.9 Å². The van der Waals surface area contributed by atoms with E-state index in [2.05, 4.69) is 67.6 Å². The molecule has 1 fully saturated rings. The highest BCUT2D eigenvalue weighted by atomic mass is 16.5. The van der Waals surface area contributed by atoms with Gasteiger partial charge in [-0.3, -0.25) is 0 Å². The highest BCUT2D eigenvalue weighted by Gasteiger charge is 2.21. The molecule has 0 bridgehead atoms. The van der Waals surface area contributed by atoms with E-state index >= 15 is 0 Å². The van der Waals surface area contributed by atoms with E-state index in [9.17, 15) is 0 Å². The molecular weight excluding hydrogens is 400 g/mol. The van der Waals surface area contributed by atoms with Crippen molar-refractivity contribution < 1.29 is 4.74 Å². The van der Waals surface area contributed by atoms with Gasteiger partial charge in [0.15, 0.2) is 11.5 Å². The first-order valence-corrected chi connectivity index (χ1v) is 11.3. The number of morpholine rings is 1. The number of pyridine rings is 1. The first kappa shape index (κ1) is 20.7. The van der Waals surface area contributed by atoms with E-state index in [-0.39, 0.29) is 0 Å². The number of fused-ring (bicyclic) bond motifs is 1. The second-order valence-corrected chi connectivity index (χ2v) is 8.97. The molecular formula is C25H30N6O. The van der Waals surface area contributed by atoms with E-state index in [1.807, 2.05) is 16.9 Å². The molecule has 1 aliphatic heterocycles. The van der Waals surface area contributed by atoms with Gasteiger partial charge >= 0.3 is 0 Å². The fraction of sp³-hybridized carbons (Fsp3) is 0.400. The van der Waals surface area contributed by atoms with Gasteiger partial charge in [0.05, 0.1) is 24.6 Å². The summed E-state index contributed by atoms with van der Waals surface area (Å²) in [6.07, 6.45) is 2.91. The monoisotopic (exact) mass is 430 g/mol. The molecule has 0 N–H and O–H groups in total. The van der Waals surface area contributed by atoms with Gasteiger partial charge in [-0.1, -0.05) is 37.6 Å². The Morgan fingerprint density at radius 1 is 1.06 bits per heavy atom. The predicted octanol–water partition coefficient (Wildman–Crippen LogP) is 4.16. The van der Waals surface area contributed by atoms with Crippen molar-refractivity contribution in [1.29, 1.82) is 0 Å². The maximum atomic E-state index is 5.59. The number of aryl methyl sites for hydroxylation is 2. The molecule has 0 radical (unpaired) electrons. The Balaban J connectivity index is 1.62. The average Bonchev–Trinajstić information content (AvgIpc) is 3.39. The smallest absolute Gasteiger partial charge is 0.164 e. The number of benzene rings is 1. The van der Waals surface area contributed by atoms with E-state index in [4.69, 9.17) is 19.8 Å². The zero-order valence-corrected chi connectivity index (χ0v) is 19.2. The number of ether oxygens (including phenoxy) is 1. The summed E-state index contributed by atoms with van der Waals surface area (Å²) in [6, 6.07) is 12.6. The summed E-state index contributed by atoms with van der Waals surface area (Å²) in [5, 5.41) is 4.85. The lowest BCUT2D eigenvalue weighted by Crippen LogP contribution is -2.36. The Labute approximate surface area is 188 Å². The molecule has 32 heavy (non-hydrogen) atoms. The number of hydrogen-bond donors (Lipinski definition) is 0. The van der Waals surface area contributed by atoms with Crippen LogP contribution in [-0.2, 0) is 18.2 Å². The van der Waals surface area contributed by atoms with Gasteiger partial charge in [-0.2, -0.15) is 5.10 Å². The van der Waals surface area contributed by atoms with Crippen LogP contribution in [0.15, 0.2) is 42.6 Å². The summed E-state index contributed by atoms with van der Waals surface area (Å²) in [5.74, 6) is 2.40. The third-order valence-corrected chi connectivity index (χ3v) is 5.97. The van der Waals surface area contributed by atoms with Crippen molar-refractivity contribution in [3.05, 3.63) is 54.0 Å². The molecule has 4 aromatic rings. The minimum Gasteiger partial charge on any atom is -0.378 e. The Bertz CT molecular complexity index is 1250. The van der Waals surface area contributed by atoms with Crippen molar-refractivity contribution in [1.82, 2.24) is 24.3 Å². The van der Waals surface area contributed by atoms with Gasteiger partial charge in [0.25, 0.3) is 0 Å². The number of nitrogens with zero attached hydrogens (tertiary/aromatic N) is 6. The number of rotatable bonds is 5. The van der Waals surface area contributed by atoms with Crippen LogP contribution >= 0.6 is 0 Å². The Hall–Kier alpha value is -3.19. The van der Waals surface area contributed by atoms with Crippen molar-refractivity contribution in [3.8, 4) is 17.1 Å². The Kier molecular flexibility index (Phi) is 5.43. The van der Waals surface area contributed by atoms with Gasteiger partial charge in [-0.05, 0) is 25.0 Å². The topological polar surface area (TPSA) is 61.0 Å². The molecule has 0 amide bonds. The summed E-state index contributed by atoms with van der Waals surface area (Å²) in [6.45, 7) is 9.69. The number of anilines is 1. The molecule has 7 heteroatoms. The van der Waals surface area contributed by atoms with Gasteiger partial charge in [0, 0.05) is 44.4 Å². The molecule has 0 spiro atoms. The summed E-state index contributed by atoms with van der Waals surface area (Å²) < 4.78 is 9.60. The fourth-order valence-electron chi connectivity index (χ4n) is 4.29. The second-order valence-electron chi connectivity index (χ2n) is 8.97. The lowest BCUT2D eigenvalue weighted by atomic mass is 10.1. The van der Waals surface area contributed by atoms with Crippen molar-refractivity contribution in [2.45, 2.75) is 27.2 Å². The molecule has 0 atom stereocenters. The SMILES string of the molecule is Cc1cccc(-c2ccn(-c3cc(N4CCOCC4)c4nc(CC(C)C)n(C)c4n3)n2)c1. The molecule has 0 unspecified atom stereocenters. The molecule has 0 saturated carbocycles. The maximum Gasteiger partial charge on any atom is 0.164 e. The summed E-state index contributed by atoms with van der Waals surface area (Å²) >= 11 is 0. The van der Waals surface area contributed by atoms with Gasteiger partial charge in [0.1, 0.15) is 11.3 Å². The highest BCUT2D eigenvalue weighted by molar-refractivity contribution is 5.88. The standard InChI is InChI=1S/C25H30N6O/c1-17(2)14-22-26-24-21(30-10-12-32-13-11-30)16-23(27-25(24)29(22)4)31-9-8-20(28-31)19-7-5-6-18(3)15-19/h5-9,15-17H,10-14H2,1-4H3. The molecule has 7 nitrogen and oxygen atoms in total. The van der Waals surface area contributed by atoms with Crippen molar-refractivity contribution in [3.63, 3.8) is 0 Å². The van der Waals surface area contributed by atoms with E-state index in [1.54, 1.807) is 0 Å². The van der Waals surface area contributed by atoms with Crippen LogP contribution in [0.4, 0.5) is 5.69 Å².